The molecule has 5 nitrogen and oxygen atoms in total. The van der Waals surface area contributed by atoms with Crippen molar-refractivity contribution in [1.82, 2.24) is 0 Å². The molecular formula is C4H5LiO5. The zero-order valence-corrected chi connectivity index (χ0v) is 5.49. The standard InChI is InChI=1S/C4H6O5.Li/c5-3(6)1-2-4(7)9-8;/h8H,1-2H2,(H,5,6);/q;+1/p-1. The number of carboxylic acid groups (broad SMARTS) is 1. The van der Waals surface area contributed by atoms with E-state index in [0.29, 0.717) is 0 Å². The fourth-order valence-corrected chi connectivity index (χ4v) is 0.250. The first-order valence-electron chi connectivity index (χ1n) is 2.21. The fourth-order valence-electron chi connectivity index (χ4n) is 0.250. The van der Waals surface area contributed by atoms with Gasteiger partial charge in [0.25, 0.3) is 0 Å². The zero-order valence-electron chi connectivity index (χ0n) is 5.49. The third kappa shape index (κ3) is 7.50. The van der Waals surface area contributed by atoms with Gasteiger partial charge in [-0.25, -0.2) is 4.79 Å². The number of hydrogen-bond acceptors (Lipinski definition) is 5. The minimum Gasteiger partial charge on any atom is -0.550 e. The van der Waals surface area contributed by atoms with Crippen LogP contribution in [0.25, 0.3) is 0 Å². The molecule has 0 fully saturated rings. The monoisotopic (exact) mass is 140 g/mol. The van der Waals surface area contributed by atoms with Crippen molar-refractivity contribution in [1.29, 1.82) is 0 Å². The maximum Gasteiger partial charge on any atom is 1.00 e. The Kier molecular flexibility index (Phi) is 8.07. The van der Waals surface area contributed by atoms with E-state index in [4.69, 9.17) is 5.26 Å². The van der Waals surface area contributed by atoms with Crippen LogP contribution in [-0.2, 0) is 14.5 Å². The van der Waals surface area contributed by atoms with Crippen LogP contribution in [0, 0.1) is 0 Å². The van der Waals surface area contributed by atoms with E-state index >= 15 is 0 Å². The van der Waals surface area contributed by atoms with Crippen molar-refractivity contribution in [2.24, 2.45) is 0 Å². The third-order valence-electron chi connectivity index (χ3n) is 0.635. The average molecular weight is 140 g/mol. The van der Waals surface area contributed by atoms with Gasteiger partial charge < -0.3 is 14.8 Å². The van der Waals surface area contributed by atoms with Gasteiger partial charge in [0.1, 0.15) is 0 Å². The van der Waals surface area contributed by atoms with E-state index in [1.165, 1.54) is 0 Å². The quantitative estimate of drug-likeness (QED) is 0.242. The van der Waals surface area contributed by atoms with Gasteiger partial charge in [-0.1, -0.05) is 0 Å². The second-order valence-corrected chi connectivity index (χ2v) is 1.34. The summed E-state index contributed by atoms with van der Waals surface area (Å²) in [5.74, 6) is -2.32. The number of carbonyl (C=O) groups excluding carboxylic acids is 2. The Hall–Kier alpha value is -0.503. The number of hydrogen-bond donors (Lipinski definition) is 1. The molecule has 0 saturated carbocycles. The van der Waals surface area contributed by atoms with Crippen LogP contribution in [0.15, 0.2) is 0 Å². The SMILES string of the molecule is O=C([O-])CCC(=O)OO.[Li+]. The summed E-state index contributed by atoms with van der Waals surface area (Å²) in [6, 6.07) is 0. The maximum atomic E-state index is 9.95. The van der Waals surface area contributed by atoms with Crippen LogP contribution in [0.2, 0.25) is 0 Å². The van der Waals surface area contributed by atoms with Crippen molar-refractivity contribution >= 4 is 11.9 Å². The van der Waals surface area contributed by atoms with Crippen LogP contribution in [0.5, 0.6) is 0 Å². The average Bonchev–Trinajstić information content (AvgIpc) is 1.83. The Morgan fingerprint density at radius 2 is 1.90 bits per heavy atom. The molecule has 0 saturated heterocycles. The van der Waals surface area contributed by atoms with Gasteiger partial charge in [0.05, 0.1) is 6.42 Å². The fraction of sp³-hybridized carbons (Fsp3) is 0.500. The molecule has 0 rings (SSSR count). The Morgan fingerprint density at radius 1 is 1.40 bits per heavy atom. The van der Waals surface area contributed by atoms with Gasteiger partial charge in [0.15, 0.2) is 0 Å². The number of aliphatic carboxylic acids is 1. The molecule has 10 heavy (non-hydrogen) atoms. The van der Waals surface area contributed by atoms with Crippen molar-refractivity contribution in [3.8, 4) is 0 Å². The van der Waals surface area contributed by atoms with Crippen molar-refractivity contribution in [3.05, 3.63) is 0 Å². The smallest absolute Gasteiger partial charge is 0.550 e. The summed E-state index contributed by atoms with van der Waals surface area (Å²) in [4.78, 5) is 22.7. The van der Waals surface area contributed by atoms with E-state index in [0.717, 1.165) is 0 Å². The van der Waals surface area contributed by atoms with Gasteiger partial charge in [-0.05, 0) is 6.42 Å². The van der Waals surface area contributed by atoms with E-state index in [9.17, 15) is 14.7 Å². The van der Waals surface area contributed by atoms with Crippen LogP contribution >= 0.6 is 0 Å². The van der Waals surface area contributed by atoms with E-state index in [1.807, 2.05) is 0 Å². The molecule has 6 heteroatoms. The molecule has 0 aliphatic rings. The van der Waals surface area contributed by atoms with Gasteiger partial charge >= 0.3 is 24.8 Å². The minimum atomic E-state index is -1.35. The van der Waals surface area contributed by atoms with Gasteiger partial charge in [0, 0.05) is 5.97 Å². The molecule has 0 aromatic rings. The van der Waals surface area contributed by atoms with Crippen LogP contribution in [0.3, 0.4) is 0 Å². The zero-order chi connectivity index (χ0) is 7.28. The van der Waals surface area contributed by atoms with Crippen molar-refractivity contribution < 1.29 is 43.7 Å². The molecule has 0 aromatic carbocycles. The van der Waals surface area contributed by atoms with E-state index in [2.05, 4.69) is 4.89 Å². The summed E-state index contributed by atoms with van der Waals surface area (Å²) in [7, 11) is 0. The normalized spacial score (nSPS) is 7.70. The van der Waals surface area contributed by atoms with E-state index in [-0.39, 0.29) is 25.3 Å². The molecule has 0 heterocycles. The molecule has 1 N–H and O–H groups in total. The molecule has 0 aliphatic carbocycles. The number of rotatable bonds is 3. The molecular weight excluding hydrogens is 135 g/mol. The summed E-state index contributed by atoms with van der Waals surface area (Å²) in [5, 5.41) is 17.2. The van der Waals surface area contributed by atoms with Crippen molar-refractivity contribution in [2.45, 2.75) is 12.8 Å². The Morgan fingerprint density at radius 3 is 2.20 bits per heavy atom. The third-order valence-corrected chi connectivity index (χ3v) is 0.635. The molecule has 0 aliphatic heterocycles. The number of carbonyl (C=O) groups is 2. The van der Waals surface area contributed by atoms with Crippen LogP contribution < -0.4 is 24.0 Å². The summed E-state index contributed by atoms with van der Waals surface area (Å²) < 4.78 is 0. The van der Waals surface area contributed by atoms with E-state index < -0.39 is 18.4 Å². The predicted octanol–water partition coefficient (Wildman–Crippen LogP) is -4.46. The summed E-state index contributed by atoms with van der Waals surface area (Å²) in [6.07, 6.45) is -0.793. The Balaban J connectivity index is 0. The van der Waals surface area contributed by atoms with E-state index in [1.54, 1.807) is 0 Å². The Bertz CT molecular complexity index is 123. The summed E-state index contributed by atoms with van der Waals surface area (Å²) >= 11 is 0. The molecule has 0 aromatic heterocycles. The molecule has 0 spiro atoms. The van der Waals surface area contributed by atoms with Crippen molar-refractivity contribution in [2.75, 3.05) is 0 Å². The predicted molar refractivity (Wildman–Crippen MR) is 23.0 cm³/mol. The van der Waals surface area contributed by atoms with Gasteiger partial charge in [-0.3, -0.25) is 0 Å². The molecule has 0 radical (unpaired) electrons. The first kappa shape index (κ1) is 12.2. The van der Waals surface area contributed by atoms with Crippen LogP contribution in [-0.4, -0.2) is 17.2 Å². The van der Waals surface area contributed by atoms with Crippen LogP contribution in [0.4, 0.5) is 0 Å². The second kappa shape index (κ2) is 6.62. The minimum absolute atomic E-state index is 0. The molecule has 52 valence electrons. The molecule has 0 amide bonds. The van der Waals surface area contributed by atoms with Gasteiger partial charge in [-0.15, -0.1) is 0 Å². The largest absolute Gasteiger partial charge is 1.00 e. The first-order valence-corrected chi connectivity index (χ1v) is 2.21. The maximum absolute atomic E-state index is 9.95. The molecule has 0 unspecified atom stereocenters. The number of carboxylic acids is 1. The second-order valence-electron chi connectivity index (χ2n) is 1.34. The Labute approximate surface area is 69.1 Å². The summed E-state index contributed by atoms with van der Waals surface area (Å²) in [6.45, 7) is 0. The van der Waals surface area contributed by atoms with Crippen molar-refractivity contribution in [3.63, 3.8) is 0 Å². The summed E-state index contributed by atoms with van der Waals surface area (Å²) in [5.41, 5.74) is 0. The van der Waals surface area contributed by atoms with Crippen LogP contribution in [0.1, 0.15) is 12.8 Å². The first-order chi connectivity index (χ1) is 4.16. The molecule has 0 atom stereocenters. The molecule has 0 bridgehead atoms. The van der Waals surface area contributed by atoms with Gasteiger partial charge in [0.2, 0.25) is 0 Å². The van der Waals surface area contributed by atoms with Gasteiger partial charge in [-0.2, -0.15) is 5.26 Å². The topological polar surface area (TPSA) is 86.7 Å².